The Kier molecular flexibility index (Phi) is 7.09. The molecule has 0 unspecified atom stereocenters. The molecule has 33 heavy (non-hydrogen) atoms. The summed E-state index contributed by atoms with van der Waals surface area (Å²) in [5, 5.41) is 8.39. The Morgan fingerprint density at radius 3 is 2.48 bits per heavy atom. The van der Waals surface area contributed by atoms with E-state index in [9.17, 15) is 18.0 Å². The SMILES string of the molecule is CCN(C(=O)c1ccc(C)c(C)c1-n1nccn1)[C@@H](C)COC1=NC=C(C(F)(F)F)CN1C. The second-order valence-corrected chi connectivity index (χ2v) is 7.89. The van der Waals surface area contributed by atoms with Gasteiger partial charge in [0.1, 0.15) is 12.3 Å². The lowest BCUT2D eigenvalue weighted by Crippen LogP contribution is -2.44. The van der Waals surface area contributed by atoms with E-state index in [1.54, 1.807) is 23.4 Å². The number of aromatic nitrogens is 3. The molecule has 0 bridgehead atoms. The number of alkyl halides is 3. The summed E-state index contributed by atoms with van der Waals surface area (Å²) in [4.78, 5) is 21.7. The number of halogens is 3. The number of benzene rings is 1. The highest BCUT2D eigenvalue weighted by Gasteiger charge is 2.36. The number of hydrogen-bond acceptors (Lipinski definition) is 6. The Bertz CT molecular complexity index is 1060. The van der Waals surface area contributed by atoms with Gasteiger partial charge in [-0.05, 0) is 44.9 Å². The number of nitrogens with zero attached hydrogens (tertiary/aromatic N) is 6. The van der Waals surface area contributed by atoms with Crippen LogP contribution >= 0.6 is 0 Å². The van der Waals surface area contributed by atoms with Gasteiger partial charge in [-0.2, -0.15) is 28.2 Å². The summed E-state index contributed by atoms with van der Waals surface area (Å²) < 4.78 is 44.3. The number of aryl methyl sites for hydroxylation is 1. The molecular formula is C22H27F3N6O2. The van der Waals surface area contributed by atoms with Gasteiger partial charge in [0.25, 0.3) is 11.9 Å². The van der Waals surface area contributed by atoms with Gasteiger partial charge < -0.3 is 14.5 Å². The zero-order chi connectivity index (χ0) is 24.3. The number of hydrogen-bond donors (Lipinski definition) is 0. The average Bonchev–Trinajstić information content (AvgIpc) is 3.28. The topological polar surface area (TPSA) is 75.8 Å². The van der Waals surface area contributed by atoms with Crippen LogP contribution in [0.5, 0.6) is 0 Å². The molecule has 0 saturated heterocycles. The lowest BCUT2D eigenvalue weighted by atomic mass is 10.0. The fraction of sp³-hybridized carbons (Fsp3) is 0.455. The van der Waals surface area contributed by atoms with E-state index in [1.165, 1.54) is 16.7 Å². The lowest BCUT2D eigenvalue weighted by Gasteiger charge is -2.31. The van der Waals surface area contributed by atoms with Gasteiger partial charge in [0.15, 0.2) is 0 Å². The first kappa shape index (κ1) is 24.3. The lowest BCUT2D eigenvalue weighted by molar-refractivity contribution is -0.0951. The minimum atomic E-state index is -4.44. The molecule has 1 aromatic carbocycles. The first-order valence-electron chi connectivity index (χ1n) is 10.5. The van der Waals surface area contributed by atoms with Crippen molar-refractivity contribution in [3.8, 4) is 5.69 Å². The zero-order valence-electron chi connectivity index (χ0n) is 19.2. The normalized spacial score (nSPS) is 15.1. The molecule has 2 aromatic rings. The van der Waals surface area contributed by atoms with Crippen LogP contribution < -0.4 is 0 Å². The Balaban J connectivity index is 1.79. The number of carbonyl (C=O) groups is 1. The molecule has 0 N–H and O–H groups in total. The molecule has 1 amide bonds. The van der Waals surface area contributed by atoms with Crippen molar-refractivity contribution >= 4 is 11.9 Å². The minimum absolute atomic E-state index is 0.0676. The molecule has 8 nitrogen and oxygen atoms in total. The highest BCUT2D eigenvalue weighted by Crippen LogP contribution is 2.28. The quantitative estimate of drug-likeness (QED) is 0.654. The summed E-state index contributed by atoms with van der Waals surface area (Å²) >= 11 is 0. The summed E-state index contributed by atoms with van der Waals surface area (Å²) in [6.45, 7) is 7.65. The van der Waals surface area contributed by atoms with Crippen LogP contribution in [0.25, 0.3) is 5.69 Å². The van der Waals surface area contributed by atoms with Crippen molar-refractivity contribution in [1.29, 1.82) is 0 Å². The van der Waals surface area contributed by atoms with E-state index in [0.717, 1.165) is 17.3 Å². The molecule has 1 atom stereocenters. The molecule has 2 heterocycles. The van der Waals surface area contributed by atoms with Gasteiger partial charge in [0.2, 0.25) is 0 Å². The molecule has 178 valence electrons. The van der Waals surface area contributed by atoms with Crippen molar-refractivity contribution in [3.63, 3.8) is 0 Å². The van der Waals surface area contributed by atoms with Gasteiger partial charge in [0.05, 0.1) is 36.1 Å². The van der Waals surface area contributed by atoms with E-state index < -0.39 is 11.7 Å². The standard InChI is InChI=1S/C22H27F3N6O2/c1-6-30(15(3)13-33-21-26-11-17(12-29(21)5)22(23,24)25)20(32)18-8-7-14(2)16(4)19(18)31-27-9-10-28-31/h7-11,15H,6,12-13H2,1-5H3/t15-/m0/s1. The molecule has 0 aliphatic carbocycles. The van der Waals surface area contributed by atoms with Gasteiger partial charge in [-0.25, -0.2) is 4.99 Å². The number of amidine groups is 1. The highest BCUT2D eigenvalue weighted by atomic mass is 19.4. The third-order valence-corrected chi connectivity index (χ3v) is 5.57. The molecule has 1 aliphatic rings. The van der Waals surface area contributed by atoms with Crippen LogP contribution in [0.4, 0.5) is 13.2 Å². The largest absolute Gasteiger partial charge is 0.463 e. The van der Waals surface area contributed by atoms with Crippen molar-refractivity contribution < 1.29 is 22.7 Å². The number of ether oxygens (including phenoxy) is 1. The molecular weight excluding hydrogens is 437 g/mol. The van der Waals surface area contributed by atoms with Gasteiger partial charge in [0, 0.05) is 19.8 Å². The van der Waals surface area contributed by atoms with E-state index in [4.69, 9.17) is 4.74 Å². The number of rotatable bonds is 6. The van der Waals surface area contributed by atoms with E-state index >= 15 is 0 Å². The Labute approximate surface area is 190 Å². The van der Waals surface area contributed by atoms with Gasteiger partial charge in [-0.3, -0.25) is 4.79 Å². The molecule has 1 aliphatic heterocycles. The third-order valence-electron chi connectivity index (χ3n) is 5.57. The third kappa shape index (κ3) is 5.18. The summed E-state index contributed by atoms with van der Waals surface area (Å²) in [6, 6.07) is 3.33. The van der Waals surface area contributed by atoms with Crippen molar-refractivity contribution in [1.82, 2.24) is 24.8 Å². The summed E-state index contributed by atoms with van der Waals surface area (Å²) in [5.74, 6) is -0.220. The van der Waals surface area contributed by atoms with Crippen molar-refractivity contribution in [2.24, 2.45) is 4.99 Å². The second-order valence-electron chi connectivity index (χ2n) is 7.89. The van der Waals surface area contributed by atoms with E-state index in [1.807, 2.05) is 33.8 Å². The summed E-state index contributed by atoms with van der Waals surface area (Å²) in [5.41, 5.74) is 2.21. The number of carbonyl (C=O) groups excluding carboxylic acids is 1. The van der Waals surface area contributed by atoms with Crippen LogP contribution in [-0.4, -0.2) is 75.7 Å². The van der Waals surface area contributed by atoms with Crippen LogP contribution in [-0.2, 0) is 4.74 Å². The number of likely N-dealkylation sites (N-methyl/N-ethyl adjacent to an activating group) is 2. The Morgan fingerprint density at radius 2 is 1.91 bits per heavy atom. The Morgan fingerprint density at radius 1 is 1.24 bits per heavy atom. The number of amides is 1. The van der Waals surface area contributed by atoms with Gasteiger partial charge in [-0.15, -0.1) is 0 Å². The predicted octanol–water partition coefficient (Wildman–Crippen LogP) is 3.50. The van der Waals surface area contributed by atoms with Crippen molar-refractivity contribution in [3.05, 3.63) is 53.0 Å². The van der Waals surface area contributed by atoms with Crippen molar-refractivity contribution in [2.45, 2.75) is 39.9 Å². The van der Waals surface area contributed by atoms with Gasteiger partial charge in [-0.1, -0.05) is 6.07 Å². The van der Waals surface area contributed by atoms with Crippen molar-refractivity contribution in [2.75, 3.05) is 26.7 Å². The highest BCUT2D eigenvalue weighted by molar-refractivity contribution is 5.98. The van der Waals surface area contributed by atoms with E-state index in [2.05, 4.69) is 15.2 Å². The fourth-order valence-electron chi connectivity index (χ4n) is 3.56. The average molecular weight is 464 g/mol. The van der Waals surface area contributed by atoms with Crippen LogP contribution in [0, 0.1) is 13.8 Å². The maximum atomic E-state index is 13.5. The Hall–Kier alpha value is -3.37. The summed E-state index contributed by atoms with van der Waals surface area (Å²) in [7, 11) is 1.48. The first-order chi connectivity index (χ1) is 15.5. The van der Waals surface area contributed by atoms with Crippen LogP contribution in [0.15, 0.2) is 41.3 Å². The molecule has 1 aromatic heterocycles. The summed E-state index contributed by atoms with van der Waals surface area (Å²) in [6.07, 6.45) is -0.565. The monoisotopic (exact) mass is 464 g/mol. The predicted molar refractivity (Wildman–Crippen MR) is 117 cm³/mol. The van der Waals surface area contributed by atoms with Crippen LogP contribution in [0.1, 0.15) is 35.3 Å². The van der Waals surface area contributed by atoms with E-state index in [0.29, 0.717) is 17.8 Å². The molecule has 0 fully saturated rings. The van der Waals surface area contributed by atoms with Gasteiger partial charge >= 0.3 is 6.18 Å². The molecule has 11 heteroatoms. The maximum Gasteiger partial charge on any atom is 0.415 e. The first-order valence-corrected chi connectivity index (χ1v) is 10.5. The second kappa shape index (κ2) is 9.63. The molecule has 0 spiro atoms. The van der Waals surface area contributed by atoms with Crippen LogP contribution in [0.3, 0.4) is 0 Å². The fourth-order valence-corrected chi connectivity index (χ4v) is 3.56. The molecule has 0 radical (unpaired) electrons. The minimum Gasteiger partial charge on any atom is -0.463 e. The number of aliphatic imine (C=N–C) groups is 1. The zero-order valence-corrected chi connectivity index (χ0v) is 19.2. The molecule has 0 saturated carbocycles. The maximum absolute atomic E-state index is 13.5. The van der Waals surface area contributed by atoms with Crippen LogP contribution in [0.2, 0.25) is 0 Å². The smallest absolute Gasteiger partial charge is 0.415 e. The molecule has 3 rings (SSSR count). The van der Waals surface area contributed by atoms with E-state index in [-0.39, 0.29) is 31.1 Å².